The molecule has 0 aliphatic carbocycles. The first kappa shape index (κ1) is 18.1. The largest absolute Gasteiger partial charge is 0.322 e. The first-order chi connectivity index (χ1) is 8.60. The molecule has 5 nitrogen and oxygen atoms in total. The molecule has 0 heterocycles. The van der Waals surface area contributed by atoms with Gasteiger partial charge in [0.1, 0.15) is 12.5 Å². The molecule has 2 atom stereocenters. The fourth-order valence-corrected chi connectivity index (χ4v) is 2.37. The van der Waals surface area contributed by atoms with Gasteiger partial charge in [0, 0.05) is 0 Å². The monoisotopic (exact) mass is 280 g/mol. The van der Waals surface area contributed by atoms with Crippen molar-refractivity contribution in [1.29, 1.82) is 0 Å². The molecule has 0 aliphatic rings. The Labute approximate surface area is 112 Å². The van der Waals surface area contributed by atoms with E-state index in [9.17, 15) is 4.57 Å². The van der Waals surface area contributed by atoms with E-state index < -0.39 is 20.7 Å². The molecule has 6 heteroatoms. The molecule has 0 fully saturated rings. The topological polar surface area (TPSA) is 87.6 Å². The van der Waals surface area contributed by atoms with E-state index in [2.05, 4.69) is 13.8 Å². The predicted molar refractivity (Wildman–Crippen MR) is 75.4 cm³/mol. The quantitative estimate of drug-likeness (QED) is 0.326. The third-order valence-electron chi connectivity index (χ3n) is 2.68. The second kappa shape index (κ2) is 12.1. The van der Waals surface area contributed by atoms with E-state index in [1.807, 2.05) is 0 Å². The van der Waals surface area contributed by atoms with Gasteiger partial charge in [-0.15, -0.1) is 0 Å². The lowest BCUT2D eigenvalue weighted by atomic mass is 10.2. The van der Waals surface area contributed by atoms with E-state index in [-0.39, 0.29) is 0 Å². The Morgan fingerprint density at radius 3 is 1.61 bits per heavy atom. The fourth-order valence-electron chi connectivity index (χ4n) is 1.58. The van der Waals surface area contributed by atoms with Crippen LogP contribution in [0, 0.1) is 0 Å². The zero-order chi connectivity index (χ0) is 13.8. The summed E-state index contributed by atoms with van der Waals surface area (Å²) in [6.45, 7) is 4.24. The number of hydrogen-bond acceptors (Lipinski definition) is 5. The van der Waals surface area contributed by atoms with Crippen LogP contribution >= 0.6 is 8.25 Å². The van der Waals surface area contributed by atoms with Crippen LogP contribution in [0.25, 0.3) is 0 Å². The molecule has 0 radical (unpaired) electrons. The van der Waals surface area contributed by atoms with Crippen LogP contribution < -0.4 is 11.5 Å². The van der Waals surface area contributed by atoms with E-state index in [4.69, 9.17) is 20.5 Å². The Balaban J connectivity index is 3.61. The summed E-state index contributed by atoms with van der Waals surface area (Å²) in [5.41, 5.74) is 11.4. The fraction of sp³-hybridized carbons (Fsp3) is 1.00. The summed E-state index contributed by atoms with van der Waals surface area (Å²) in [4.78, 5) is 0. The van der Waals surface area contributed by atoms with Gasteiger partial charge in [0.25, 0.3) is 0 Å². The number of rotatable bonds is 12. The standard InChI is InChI=1S/C12H29N2O3P/c1-3-5-7-9-11(13)16-18(15)17-12(14)10-8-6-4-2/h11-12,18H,3-10,13-14H2,1-2H3. The first-order valence-electron chi connectivity index (χ1n) is 6.98. The maximum Gasteiger partial charge on any atom is 0.322 e. The van der Waals surface area contributed by atoms with Crippen molar-refractivity contribution in [1.82, 2.24) is 0 Å². The van der Waals surface area contributed by atoms with Crippen molar-refractivity contribution in [2.45, 2.75) is 77.7 Å². The van der Waals surface area contributed by atoms with Gasteiger partial charge in [-0.05, 0) is 25.7 Å². The minimum atomic E-state index is -2.56. The molecule has 0 aromatic rings. The van der Waals surface area contributed by atoms with Crippen molar-refractivity contribution in [2.75, 3.05) is 0 Å². The van der Waals surface area contributed by atoms with E-state index in [0.717, 1.165) is 38.5 Å². The van der Waals surface area contributed by atoms with Gasteiger partial charge in [-0.25, -0.2) is 0 Å². The molecule has 0 aromatic heterocycles. The van der Waals surface area contributed by atoms with Gasteiger partial charge in [0.15, 0.2) is 0 Å². The van der Waals surface area contributed by atoms with Gasteiger partial charge in [-0.3, -0.25) is 13.6 Å². The number of nitrogens with two attached hydrogens (primary N) is 2. The Morgan fingerprint density at radius 2 is 1.28 bits per heavy atom. The Morgan fingerprint density at radius 1 is 0.889 bits per heavy atom. The summed E-state index contributed by atoms with van der Waals surface area (Å²) >= 11 is 0. The highest BCUT2D eigenvalue weighted by Crippen LogP contribution is 2.28. The summed E-state index contributed by atoms with van der Waals surface area (Å²) in [5, 5.41) is 0. The van der Waals surface area contributed by atoms with Gasteiger partial charge in [0.05, 0.1) is 0 Å². The third-order valence-corrected chi connectivity index (χ3v) is 3.67. The summed E-state index contributed by atoms with van der Waals surface area (Å²) in [5.74, 6) is 0. The molecule has 0 saturated heterocycles. The second-order valence-electron chi connectivity index (χ2n) is 4.55. The highest BCUT2D eigenvalue weighted by molar-refractivity contribution is 7.33. The van der Waals surface area contributed by atoms with Crippen LogP contribution in [0.3, 0.4) is 0 Å². The molecule has 0 aromatic carbocycles. The summed E-state index contributed by atoms with van der Waals surface area (Å²) in [7, 11) is -2.56. The average molecular weight is 280 g/mol. The SMILES string of the molecule is CCCCCC(N)O[PH](=O)OC(N)CCCCC. The maximum atomic E-state index is 11.5. The van der Waals surface area contributed by atoms with Crippen molar-refractivity contribution in [3.63, 3.8) is 0 Å². The highest BCUT2D eigenvalue weighted by Gasteiger charge is 2.11. The molecule has 4 N–H and O–H groups in total. The lowest BCUT2D eigenvalue weighted by Gasteiger charge is -2.16. The molecular weight excluding hydrogens is 251 g/mol. The summed E-state index contributed by atoms with van der Waals surface area (Å²) in [6, 6.07) is 0. The van der Waals surface area contributed by atoms with Crippen molar-refractivity contribution < 1.29 is 13.6 Å². The zero-order valence-electron chi connectivity index (χ0n) is 11.7. The lowest BCUT2D eigenvalue weighted by molar-refractivity contribution is 0.123. The third kappa shape index (κ3) is 11.2. The van der Waals surface area contributed by atoms with Crippen molar-refractivity contribution in [3.8, 4) is 0 Å². The van der Waals surface area contributed by atoms with Crippen molar-refractivity contribution in [3.05, 3.63) is 0 Å². The van der Waals surface area contributed by atoms with Crippen LogP contribution in [0.2, 0.25) is 0 Å². The summed E-state index contributed by atoms with van der Waals surface area (Å²) in [6.07, 6.45) is 6.82. The molecule has 110 valence electrons. The molecule has 0 rings (SSSR count). The Bertz CT molecular complexity index is 197. The number of hydrogen-bond donors (Lipinski definition) is 2. The van der Waals surface area contributed by atoms with Gasteiger partial charge in [-0.2, -0.15) is 0 Å². The Kier molecular flexibility index (Phi) is 12.2. The van der Waals surface area contributed by atoms with Crippen LogP contribution in [-0.2, 0) is 13.6 Å². The number of unbranched alkanes of at least 4 members (excludes halogenated alkanes) is 4. The molecule has 0 aliphatic heterocycles. The molecule has 0 saturated carbocycles. The van der Waals surface area contributed by atoms with Crippen LogP contribution in [0.4, 0.5) is 0 Å². The first-order valence-corrected chi connectivity index (χ1v) is 8.21. The van der Waals surface area contributed by atoms with Gasteiger partial charge in [-0.1, -0.05) is 39.5 Å². The minimum absolute atomic E-state index is 0.509. The van der Waals surface area contributed by atoms with Gasteiger partial charge >= 0.3 is 8.25 Å². The predicted octanol–water partition coefficient (Wildman–Crippen LogP) is 3.14. The smallest absolute Gasteiger partial charge is 0.306 e. The maximum absolute atomic E-state index is 11.5. The van der Waals surface area contributed by atoms with Gasteiger partial charge < -0.3 is 11.5 Å². The Hall–Kier alpha value is 0.0700. The van der Waals surface area contributed by atoms with E-state index in [0.29, 0.717) is 12.8 Å². The van der Waals surface area contributed by atoms with E-state index in [1.54, 1.807) is 0 Å². The van der Waals surface area contributed by atoms with Crippen molar-refractivity contribution in [2.24, 2.45) is 11.5 Å². The second-order valence-corrected chi connectivity index (χ2v) is 5.53. The summed E-state index contributed by atoms with van der Waals surface area (Å²) < 4.78 is 21.7. The van der Waals surface area contributed by atoms with Crippen molar-refractivity contribution >= 4 is 8.25 Å². The van der Waals surface area contributed by atoms with Crippen LogP contribution in [0.5, 0.6) is 0 Å². The molecule has 0 spiro atoms. The van der Waals surface area contributed by atoms with E-state index in [1.165, 1.54) is 0 Å². The molecule has 0 amide bonds. The van der Waals surface area contributed by atoms with E-state index >= 15 is 0 Å². The molecule has 0 bridgehead atoms. The highest BCUT2D eigenvalue weighted by atomic mass is 31.1. The van der Waals surface area contributed by atoms with Gasteiger partial charge in [0.2, 0.25) is 0 Å². The lowest BCUT2D eigenvalue weighted by Crippen LogP contribution is -2.24. The minimum Gasteiger partial charge on any atom is -0.306 e. The molecular formula is C12H29N2O3P. The van der Waals surface area contributed by atoms with Crippen LogP contribution in [-0.4, -0.2) is 12.5 Å². The van der Waals surface area contributed by atoms with Crippen LogP contribution in [0.15, 0.2) is 0 Å². The normalized spacial score (nSPS) is 16.4. The molecule has 18 heavy (non-hydrogen) atoms. The zero-order valence-corrected chi connectivity index (χ0v) is 12.7. The average Bonchev–Trinajstić information content (AvgIpc) is 2.29. The molecule has 2 unspecified atom stereocenters. The van der Waals surface area contributed by atoms with Crippen LogP contribution in [0.1, 0.15) is 65.2 Å².